The van der Waals surface area contributed by atoms with E-state index in [-0.39, 0.29) is 0 Å². The predicted molar refractivity (Wildman–Crippen MR) is 64.4 cm³/mol. The van der Waals surface area contributed by atoms with Crippen LogP contribution in [0.5, 0.6) is 0 Å². The van der Waals surface area contributed by atoms with E-state index in [1.165, 1.54) is 0 Å². The standard InChI is InChI=1S/C11H12N6/c1-17-7-8(14-16-17)5-12-10-3-2-4-11-9(10)6-13-15-11/h2-4,6-7,12H,5H2,1H3,(H,13,15). The molecule has 0 aliphatic carbocycles. The third kappa shape index (κ3) is 1.84. The van der Waals surface area contributed by atoms with Gasteiger partial charge >= 0.3 is 0 Å². The Morgan fingerprint density at radius 2 is 2.35 bits per heavy atom. The van der Waals surface area contributed by atoms with Crippen LogP contribution in [-0.4, -0.2) is 25.2 Å². The van der Waals surface area contributed by atoms with Crippen molar-refractivity contribution in [2.24, 2.45) is 7.05 Å². The Morgan fingerprint density at radius 3 is 3.18 bits per heavy atom. The largest absolute Gasteiger partial charge is 0.379 e. The number of hydrogen-bond donors (Lipinski definition) is 2. The monoisotopic (exact) mass is 228 g/mol. The molecule has 0 spiro atoms. The van der Waals surface area contributed by atoms with E-state index in [9.17, 15) is 0 Å². The van der Waals surface area contributed by atoms with E-state index in [0.717, 1.165) is 22.3 Å². The number of hydrogen-bond acceptors (Lipinski definition) is 4. The van der Waals surface area contributed by atoms with Gasteiger partial charge in [0.25, 0.3) is 0 Å². The first-order valence-corrected chi connectivity index (χ1v) is 5.34. The maximum atomic E-state index is 4.03. The number of fused-ring (bicyclic) bond motifs is 1. The number of aromatic nitrogens is 5. The van der Waals surface area contributed by atoms with E-state index in [1.807, 2.05) is 37.6 Å². The van der Waals surface area contributed by atoms with Gasteiger partial charge in [-0.2, -0.15) is 5.10 Å². The van der Waals surface area contributed by atoms with Crippen LogP contribution in [-0.2, 0) is 13.6 Å². The number of anilines is 1. The zero-order valence-electron chi connectivity index (χ0n) is 9.38. The second-order valence-electron chi connectivity index (χ2n) is 3.87. The number of H-pyrrole nitrogens is 1. The first-order valence-electron chi connectivity index (χ1n) is 5.34. The Hall–Kier alpha value is -2.37. The lowest BCUT2D eigenvalue weighted by atomic mass is 10.2. The zero-order chi connectivity index (χ0) is 11.7. The van der Waals surface area contributed by atoms with Crippen molar-refractivity contribution in [1.29, 1.82) is 0 Å². The van der Waals surface area contributed by atoms with Crippen LogP contribution in [0.3, 0.4) is 0 Å². The van der Waals surface area contributed by atoms with Gasteiger partial charge in [0, 0.05) is 24.3 Å². The molecule has 2 aromatic heterocycles. The van der Waals surface area contributed by atoms with Crippen molar-refractivity contribution < 1.29 is 0 Å². The molecule has 3 rings (SSSR count). The lowest BCUT2D eigenvalue weighted by Crippen LogP contribution is -1.99. The summed E-state index contributed by atoms with van der Waals surface area (Å²) in [6.07, 6.45) is 3.71. The van der Waals surface area contributed by atoms with Crippen molar-refractivity contribution >= 4 is 16.6 Å². The molecule has 2 heterocycles. The van der Waals surface area contributed by atoms with Gasteiger partial charge in [-0.25, -0.2) is 0 Å². The minimum absolute atomic E-state index is 0.651. The van der Waals surface area contributed by atoms with Crippen LogP contribution in [0.2, 0.25) is 0 Å². The van der Waals surface area contributed by atoms with Crippen LogP contribution in [0.1, 0.15) is 5.69 Å². The molecule has 0 bridgehead atoms. The van der Waals surface area contributed by atoms with Crippen LogP contribution < -0.4 is 5.32 Å². The van der Waals surface area contributed by atoms with Gasteiger partial charge < -0.3 is 5.32 Å². The van der Waals surface area contributed by atoms with Crippen molar-refractivity contribution in [1.82, 2.24) is 25.2 Å². The third-order valence-corrected chi connectivity index (χ3v) is 2.59. The van der Waals surface area contributed by atoms with E-state index < -0.39 is 0 Å². The number of benzene rings is 1. The second-order valence-corrected chi connectivity index (χ2v) is 3.87. The molecule has 0 unspecified atom stereocenters. The fourth-order valence-corrected chi connectivity index (χ4v) is 1.78. The number of nitrogens with zero attached hydrogens (tertiary/aromatic N) is 4. The SMILES string of the molecule is Cn1cc(CNc2cccc3[nH]ncc23)nn1. The average molecular weight is 228 g/mol. The van der Waals surface area contributed by atoms with E-state index in [0.29, 0.717) is 6.54 Å². The lowest BCUT2D eigenvalue weighted by Gasteiger charge is -2.04. The normalized spacial score (nSPS) is 10.9. The molecule has 3 aromatic rings. The quantitative estimate of drug-likeness (QED) is 0.709. The molecule has 0 atom stereocenters. The van der Waals surface area contributed by atoms with Gasteiger partial charge in [0.1, 0.15) is 5.69 Å². The van der Waals surface area contributed by atoms with Crippen molar-refractivity contribution in [3.05, 3.63) is 36.3 Å². The molecule has 17 heavy (non-hydrogen) atoms. The van der Waals surface area contributed by atoms with Crippen LogP contribution in [0.25, 0.3) is 10.9 Å². The Kier molecular flexibility index (Phi) is 2.25. The van der Waals surface area contributed by atoms with Gasteiger partial charge in [0.15, 0.2) is 0 Å². The Bertz CT molecular complexity index is 638. The van der Waals surface area contributed by atoms with Gasteiger partial charge in [0.05, 0.1) is 18.3 Å². The van der Waals surface area contributed by atoms with E-state index in [1.54, 1.807) is 4.68 Å². The fourth-order valence-electron chi connectivity index (χ4n) is 1.78. The molecule has 0 aliphatic rings. The summed E-state index contributed by atoms with van der Waals surface area (Å²) in [6.45, 7) is 0.651. The number of aryl methyl sites for hydroxylation is 1. The highest BCUT2D eigenvalue weighted by Crippen LogP contribution is 2.21. The van der Waals surface area contributed by atoms with E-state index in [2.05, 4.69) is 25.8 Å². The summed E-state index contributed by atoms with van der Waals surface area (Å²) < 4.78 is 1.69. The summed E-state index contributed by atoms with van der Waals surface area (Å²) >= 11 is 0. The second kappa shape index (κ2) is 3.89. The van der Waals surface area contributed by atoms with Gasteiger partial charge in [-0.1, -0.05) is 11.3 Å². The van der Waals surface area contributed by atoms with Gasteiger partial charge in [-0.05, 0) is 12.1 Å². The Balaban J connectivity index is 1.83. The van der Waals surface area contributed by atoms with Gasteiger partial charge in [-0.3, -0.25) is 9.78 Å². The van der Waals surface area contributed by atoms with Crippen LogP contribution >= 0.6 is 0 Å². The van der Waals surface area contributed by atoms with Crippen molar-refractivity contribution in [3.8, 4) is 0 Å². The Morgan fingerprint density at radius 1 is 1.41 bits per heavy atom. The molecular formula is C11H12N6. The molecule has 6 heteroatoms. The molecule has 0 radical (unpaired) electrons. The molecular weight excluding hydrogens is 216 g/mol. The van der Waals surface area contributed by atoms with Gasteiger partial charge in [0.2, 0.25) is 0 Å². The molecule has 0 saturated carbocycles. The minimum atomic E-state index is 0.651. The molecule has 0 saturated heterocycles. The zero-order valence-corrected chi connectivity index (χ0v) is 9.38. The van der Waals surface area contributed by atoms with Crippen molar-refractivity contribution in [3.63, 3.8) is 0 Å². The minimum Gasteiger partial charge on any atom is -0.379 e. The van der Waals surface area contributed by atoms with Crippen LogP contribution in [0, 0.1) is 0 Å². The summed E-state index contributed by atoms with van der Waals surface area (Å²) in [6, 6.07) is 6.00. The molecule has 0 aliphatic heterocycles. The fraction of sp³-hybridized carbons (Fsp3) is 0.182. The van der Waals surface area contributed by atoms with Gasteiger partial charge in [-0.15, -0.1) is 5.10 Å². The topological polar surface area (TPSA) is 71.4 Å². The smallest absolute Gasteiger partial charge is 0.102 e. The first kappa shape index (κ1) is 9.83. The molecule has 0 amide bonds. The third-order valence-electron chi connectivity index (χ3n) is 2.59. The highest BCUT2D eigenvalue weighted by atomic mass is 15.4. The summed E-state index contributed by atoms with van der Waals surface area (Å²) in [5.41, 5.74) is 2.98. The number of nitrogens with one attached hydrogen (secondary N) is 2. The Labute approximate surface area is 97.6 Å². The van der Waals surface area contributed by atoms with Crippen LogP contribution in [0.4, 0.5) is 5.69 Å². The summed E-state index contributed by atoms with van der Waals surface area (Å²) in [7, 11) is 1.85. The molecule has 6 nitrogen and oxygen atoms in total. The summed E-state index contributed by atoms with van der Waals surface area (Å²) in [5, 5.41) is 19.3. The molecule has 2 N–H and O–H groups in total. The molecule has 0 fully saturated rings. The molecule has 1 aromatic carbocycles. The highest BCUT2D eigenvalue weighted by Gasteiger charge is 2.03. The average Bonchev–Trinajstić information content (AvgIpc) is 2.94. The molecule has 86 valence electrons. The van der Waals surface area contributed by atoms with E-state index >= 15 is 0 Å². The highest BCUT2D eigenvalue weighted by molar-refractivity contribution is 5.90. The number of aromatic amines is 1. The van der Waals surface area contributed by atoms with Crippen molar-refractivity contribution in [2.75, 3.05) is 5.32 Å². The summed E-state index contributed by atoms with van der Waals surface area (Å²) in [5.74, 6) is 0. The maximum Gasteiger partial charge on any atom is 0.102 e. The van der Waals surface area contributed by atoms with E-state index in [4.69, 9.17) is 0 Å². The number of rotatable bonds is 3. The maximum absolute atomic E-state index is 4.03. The van der Waals surface area contributed by atoms with Crippen LogP contribution in [0.15, 0.2) is 30.6 Å². The van der Waals surface area contributed by atoms with Crippen molar-refractivity contribution in [2.45, 2.75) is 6.54 Å². The lowest BCUT2D eigenvalue weighted by molar-refractivity contribution is 0.713. The first-order chi connectivity index (χ1) is 8.33. The predicted octanol–water partition coefficient (Wildman–Crippen LogP) is 1.30. The summed E-state index contributed by atoms with van der Waals surface area (Å²) in [4.78, 5) is 0.